The van der Waals surface area contributed by atoms with E-state index in [0.29, 0.717) is 23.6 Å². The second-order valence-corrected chi connectivity index (χ2v) is 11.2. The van der Waals surface area contributed by atoms with E-state index in [9.17, 15) is 13.2 Å². The molecule has 1 amide bonds. The molecule has 2 aromatic rings. The molecule has 1 aromatic heterocycles. The Bertz CT molecular complexity index is 981. The Morgan fingerprint density at radius 2 is 1.83 bits per heavy atom. The second-order valence-electron chi connectivity index (χ2n) is 7.77. The minimum absolute atomic E-state index is 0.0982. The van der Waals surface area contributed by atoms with Crippen molar-refractivity contribution in [3.8, 4) is 0 Å². The van der Waals surface area contributed by atoms with E-state index in [4.69, 9.17) is 0 Å². The van der Waals surface area contributed by atoms with Crippen molar-refractivity contribution in [2.45, 2.75) is 36.8 Å². The lowest BCUT2D eigenvalue weighted by Crippen LogP contribution is -2.43. The first-order valence-electron chi connectivity index (χ1n) is 10.2. The van der Waals surface area contributed by atoms with Gasteiger partial charge in [-0.2, -0.15) is 4.31 Å². The normalized spacial score (nSPS) is 20.7. The van der Waals surface area contributed by atoms with Crippen molar-refractivity contribution in [3.63, 3.8) is 0 Å². The Labute approximate surface area is 176 Å². The highest BCUT2D eigenvalue weighted by Crippen LogP contribution is 2.31. The van der Waals surface area contributed by atoms with Gasteiger partial charge in [0.1, 0.15) is 4.21 Å². The van der Waals surface area contributed by atoms with Crippen molar-refractivity contribution in [1.29, 1.82) is 0 Å². The molecule has 6 nitrogen and oxygen atoms in total. The summed E-state index contributed by atoms with van der Waals surface area (Å²) >= 11 is 1.28. The molecule has 29 heavy (non-hydrogen) atoms. The number of nitrogens with zero attached hydrogens (tertiary/aromatic N) is 2. The quantitative estimate of drug-likeness (QED) is 0.781. The molecule has 8 heteroatoms. The molecule has 0 aliphatic carbocycles. The van der Waals surface area contributed by atoms with Gasteiger partial charge in [0.05, 0.1) is 17.3 Å². The number of anilines is 2. The van der Waals surface area contributed by atoms with Gasteiger partial charge in [0.15, 0.2) is 0 Å². The summed E-state index contributed by atoms with van der Waals surface area (Å²) in [6.07, 6.45) is 3.72. The summed E-state index contributed by atoms with van der Waals surface area (Å²) < 4.78 is 27.7. The van der Waals surface area contributed by atoms with Crippen LogP contribution in [0.2, 0.25) is 0 Å². The van der Waals surface area contributed by atoms with Crippen LogP contribution in [0.15, 0.2) is 40.6 Å². The molecule has 4 rings (SSSR count). The van der Waals surface area contributed by atoms with Crippen LogP contribution in [0.3, 0.4) is 0 Å². The van der Waals surface area contributed by atoms with Crippen LogP contribution in [0.4, 0.5) is 11.4 Å². The smallest absolute Gasteiger partial charge is 0.252 e. The maximum absolute atomic E-state index is 13.0. The zero-order chi connectivity index (χ0) is 20.4. The number of rotatable bonds is 5. The van der Waals surface area contributed by atoms with Gasteiger partial charge in [-0.15, -0.1) is 11.3 Å². The maximum Gasteiger partial charge on any atom is 0.252 e. The van der Waals surface area contributed by atoms with Crippen LogP contribution in [-0.4, -0.2) is 44.8 Å². The molecule has 2 fully saturated rings. The summed E-state index contributed by atoms with van der Waals surface area (Å²) in [6.45, 7) is 4.60. The molecule has 2 aliphatic heterocycles. The van der Waals surface area contributed by atoms with Crippen molar-refractivity contribution in [2.75, 3.05) is 36.4 Å². The molecule has 0 radical (unpaired) electrons. The molecule has 3 heterocycles. The number of thiophene rings is 1. The molecule has 156 valence electrons. The molecule has 0 bridgehead atoms. The Hall–Kier alpha value is -1.90. The molecular weight excluding hydrogens is 406 g/mol. The fourth-order valence-electron chi connectivity index (χ4n) is 4.10. The van der Waals surface area contributed by atoms with Crippen LogP contribution in [-0.2, 0) is 14.8 Å². The SMILES string of the molecule is Cc1ccc(S(=O)(=O)N2CCC[C@H](C(=O)Nc3ccccc3N3CCCC3)C2)s1. The number of carbonyl (C=O) groups is 1. The van der Waals surface area contributed by atoms with Crippen LogP contribution in [0.25, 0.3) is 0 Å². The lowest BCUT2D eigenvalue weighted by atomic mass is 9.98. The summed E-state index contributed by atoms with van der Waals surface area (Å²) in [5.74, 6) is -0.440. The summed E-state index contributed by atoms with van der Waals surface area (Å²) in [5, 5.41) is 3.07. The van der Waals surface area contributed by atoms with E-state index >= 15 is 0 Å². The topological polar surface area (TPSA) is 69.7 Å². The summed E-state index contributed by atoms with van der Waals surface area (Å²) in [5.41, 5.74) is 1.86. The monoisotopic (exact) mass is 433 g/mol. The molecule has 0 unspecified atom stereocenters. The molecule has 0 saturated carbocycles. The number of nitrogens with one attached hydrogen (secondary N) is 1. The largest absolute Gasteiger partial charge is 0.370 e. The fraction of sp³-hybridized carbons (Fsp3) is 0.476. The van der Waals surface area contributed by atoms with E-state index < -0.39 is 10.0 Å². The highest BCUT2D eigenvalue weighted by molar-refractivity contribution is 7.91. The minimum atomic E-state index is -3.54. The van der Waals surface area contributed by atoms with Gasteiger partial charge in [-0.25, -0.2) is 8.42 Å². The van der Waals surface area contributed by atoms with Crippen molar-refractivity contribution in [2.24, 2.45) is 5.92 Å². The van der Waals surface area contributed by atoms with Gasteiger partial charge in [-0.05, 0) is 56.9 Å². The molecule has 1 N–H and O–H groups in total. The van der Waals surface area contributed by atoms with E-state index in [1.165, 1.54) is 28.5 Å². The van der Waals surface area contributed by atoms with E-state index in [1.54, 1.807) is 6.07 Å². The van der Waals surface area contributed by atoms with Gasteiger partial charge in [0, 0.05) is 31.1 Å². The minimum Gasteiger partial charge on any atom is -0.370 e. The predicted octanol–water partition coefficient (Wildman–Crippen LogP) is 3.70. The van der Waals surface area contributed by atoms with Gasteiger partial charge in [-0.1, -0.05) is 12.1 Å². The van der Waals surface area contributed by atoms with Crippen LogP contribution in [0, 0.1) is 12.8 Å². The first-order valence-corrected chi connectivity index (χ1v) is 12.4. The van der Waals surface area contributed by atoms with Crippen molar-refractivity contribution < 1.29 is 13.2 Å². The van der Waals surface area contributed by atoms with E-state index in [-0.39, 0.29) is 18.4 Å². The number of hydrogen-bond donors (Lipinski definition) is 1. The van der Waals surface area contributed by atoms with Crippen molar-refractivity contribution in [1.82, 2.24) is 4.31 Å². The standard InChI is InChI=1S/C21H27N3O3S2/c1-16-10-11-20(28-16)29(26,27)24-14-6-7-17(15-24)21(25)22-18-8-2-3-9-19(18)23-12-4-5-13-23/h2-3,8-11,17H,4-7,12-15H2,1H3,(H,22,25)/t17-/m0/s1. The second kappa shape index (κ2) is 8.45. The third-order valence-electron chi connectivity index (χ3n) is 5.67. The molecule has 1 aromatic carbocycles. The number of amides is 1. The fourth-order valence-corrected chi connectivity index (χ4v) is 7.06. The number of para-hydroxylation sites is 2. The average Bonchev–Trinajstić information content (AvgIpc) is 3.41. The number of hydrogen-bond acceptors (Lipinski definition) is 5. The lowest BCUT2D eigenvalue weighted by molar-refractivity contribution is -0.120. The zero-order valence-electron chi connectivity index (χ0n) is 16.6. The van der Waals surface area contributed by atoms with Crippen LogP contribution >= 0.6 is 11.3 Å². The Morgan fingerprint density at radius 1 is 1.07 bits per heavy atom. The molecule has 2 aliphatic rings. The molecule has 0 spiro atoms. The molecular formula is C21H27N3O3S2. The van der Waals surface area contributed by atoms with E-state index in [0.717, 1.165) is 29.3 Å². The van der Waals surface area contributed by atoms with Gasteiger partial charge >= 0.3 is 0 Å². The van der Waals surface area contributed by atoms with Crippen LogP contribution < -0.4 is 10.2 Å². The number of carbonyl (C=O) groups excluding carboxylic acids is 1. The number of piperidine rings is 1. The first-order chi connectivity index (χ1) is 13.9. The molecule has 2 saturated heterocycles. The van der Waals surface area contributed by atoms with Gasteiger partial charge < -0.3 is 10.2 Å². The Kier molecular flexibility index (Phi) is 5.94. The summed E-state index contributed by atoms with van der Waals surface area (Å²) in [6, 6.07) is 11.4. The van der Waals surface area contributed by atoms with Gasteiger partial charge in [0.25, 0.3) is 10.0 Å². The molecule has 1 atom stereocenters. The van der Waals surface area contributed by atoms with E-state index in [1.807, 2.05) is 37.3 Å². The van der Waals surface area contributed by atoms with E-state index in [2.05, 4.69) is 10.2 Å². The first kappa shape index (κ1) is 20.4. The average molecular weight is 434 g/mol. The van der Waals surface area contributed by atoms with Crippen molar-refractivity contribution in [3.05, 3.63) is 41.3 Å². The number of benzene rings is 1. The predicted molar refractivity (Wildman–Crippen MR) is 117 cm³/mol. The van der Waals surface area contributed by atoms with Gasteiger partial charge in [-0.3, -0.25) is 4.79 Å². The van der Waals surface area contributed by atoms with Crippen molar-refractivity contribution >= 4 is 38.6 Å². The summed E-state index contributed by atoms with van der Waals surface area (Å²) in [7, 11) is -3.54. The Morgan fingerprint density at radius 3 is 2.55 bits per heavy atom. The highest BCUT2D eigenvalue weighted by Gasteiger charge is 2.34. The summed E-state index contributed by atoms with van der Waals surface area (Å²) in [4.78, 5) is 16.3. The third-order valence-corrected chi connectivity index (χ3v) is 9.01. The third kappa shape index (κ3) is 4.34. The van der Waals surface area contributed by atoms with Crippen LogP contribution in [0.5, 0.6) is 0 Å². The lowest BCUT2D eigenvalue weighted by Gasteiger charge is -2.31. The number of sulfonamides is 1. The highest BCUT2D eigenvalue weighted by atomic mass is 32.2. The Balaban J connectivity index is 1.47. The van der Waals surface area contributed by atoms with Gasteiger partial charge in [0.2, 0.25) is 5.91 Å². The maximum atomic E-state index is 13.0. The van der Waals surface area contributed by atoms with Crippen LogP contribution in [0.1, 0.15) is 30.6 Å². The zero-order valence-corrected chi connectivity index (χ0v) is 18.3. The number of aryl methyl sites for hydroxylation is 1.